The molecule has 0 radical (unpaired) electrons. The number of hydrogen-bond acceptors (Lipinski definition) is 6. The topological polar surface area (TPSA) is 60.5 Å². The molecule has 1 N–H and O–H groups in total. The molecule has 0 aliphatic carbocycles. The Morgan fingerprint density at radius 1 is 0.971 bits per heavy atom. The van der Waals surface area contributed by atoms with Gasteiger partial charge in [0.05, 0.1) is 12.2 Å². The Morgan fingerprint density at radius 3 is 2.56 bits per heavy atom. The van der Waals surface area contributed by atoms with Gasteiger partial charge in [-0.15, -0.1) is 11.3 Å². The minimum Gasteiger partial charge on any atom is -0.462 e. The van der Waals surface area contributed by atoms with E-state index in [9.17, 15) is 4.79 Å². The van der Waals surface area contributed by atoms with E-state index in [1.54, 1.807) is 23.7 Å². The Kier molecular flexibility index (Phi) is 6.25. The molecule has 0 fully saturated rings. The smallest absolute Gasteiger partial charge is 0.339 e. The summed E-state index contributed by atoms with van der Waals surface area (Å²) < 4.78 is 12.8. The number of pyridine rings is 1. The Hall–Kier alpha value is -3.74. The predicted molar refractivity (Wildman–Crippen MR) is 138 cm³/mol. The molecule has 5 aromatic rings. The van der Waals surface area contributed by atoms with E-state index < -0.39 is 0 Å². The highest BCUT2D eigenvalue weighted by molar-refractivity contribution is 7.19. The van der Waals surface area contributed by atoms with Crippen molar-refractivity contribution in [1.82, 2.24) is 10.3 Å². The minimum atomic E-state index is -0.313. The molecule has 5 rings (SSSR count). The van der Waals surface area contributed by atoms with Crippen LogP contribution in [0.4, 0.5) is 0 Å². The van der Waals surface area contributed by atoms with Crippen LogP contribution in [0.5, 0.6) is 11.5 Å². The highest BCUT2D eigenvalue weighted by Gasteiger charge is 2.23. The molecule has 2 aromatic heterocycles. The Labute approximate surface area is 202 Å². The largest absolute Gasteiger partial charge is 0.462 e. The molecule has 2 heterocycles. The Bertz CT molecular complexity index is 1470. The maximum atomic E-state index is 12.9. The lowest BCUT2D eigenvalue weighted by molar-refractivity contribution is 0.0528. The van der Waals surface area contributed by atoms with Crippen LogP contribution >= 0.6 is 11.3 Å². The molecule has 34 heavy (non-hydrogen) atoms. The van der Waals surface area contributed by atoms with Gasteiger partial charge in [0, 0.05) is 39.5 Å². The van der Waals surface area contributed by atoms with Crippen LogP contribution in [0.25, 0.3) is 32.0 Å². The molecule has 5 nitrogen and oxygen atoms in total. The van der Waals surface area contributed by atoms with Gasteiger partial charge in [-0.25, -0.2) is 4.79 Å². The minimum absolute atomic E-state index is 0.313. The van der Waals surface area contributed by atoms with Crippen molar-refractivity contribution in [3.63, 3.8) is 0 Å². The quantitative estimate of drug-likeness (QED) is 0.266. The lowest BCUT2D eigenvalue weighted by Crippen LogP contribution is -2.11. The molecule has 0 aliphatic rings. The van der Waals surface area contributed by atoms with E-state index in [-0.39, 0.29) is 5.97 Å². The second-order valence-corrected chi connectivity index (χ2v) is 8.94. The zero-order valence-corrected chi connectivity index (χ0v) is 19.8. The fraction of sp³-hybridized carbons (Fsp3) is 0.143. The van der Waals surface area contributed by atoms with E-state index >= 15 is 0 Å². The van der Waals surface area contributed by atoms with Crippen molar-refractivity contribution in [3.05, 3.63) is 89.6 Å². The fourth-order valence-electron chi connectivity index (χ4n) is 4.17. The highest BCUT2D eigenvalue weighted by Crippen LogP contribution is 2.43. The van der Waals surface area contributed by atoms with Crippen LogP contribution in [-0.2, 0) is 11.3 Å². The van der Waals surface area contributed by atoms with Gasteiger partial charge >= 0.3 is 5.97 Å². The molecular weight excluding hydrogens is 444 g/mol. The van der Waals surface area contributed by atoms with E-state index in [0.717, 1.165) is 36.9 Å². The average molecular weight is 469 g/mol. The third kappa shape index (κ3) is 4.14. The summed E-state index contributed by atoms with van der Waals surface area (Å²) in [6.07, 6.45) is 3.40. The number of carbonyl (C=O) groups excluding carboxylic acids is 1. The van der Waals surface area contributed by atoms with Gasteiger partial charge < -0.3 is 14.8 Å². The van der Waals surface area contributed by atoms with E-state index in [2.05, 4.69) is 46.7 Å². The number of nitrogens with one attached hydrogen (secondary N) is 1. The van der Waals surface area contributed by atoms with Crippen molar-refractivity contribution in [2.75, 3.05) is 13.7 Å². The molecule has 0 spiro atoms. The second-order valence-electron chi connectivity index (χ2n) is 7.81. The normalized spacial score (nSPS) is 11.1. The van der Waals surface area contributed by atoms with Gasteiger partial charge in [0.1, 0.15) is 11.5 Å². The van der Waals surface area contributed by atoms with Crippen molar-refractivity contribution in [1.29, 1.82) is 0 Å². The summed E-state index contributed by atoms with van der Waals surface area (Å²) in [5.41, 5.74) is 2.64. The predicted octanol–water partition coefficient (Wildman–Crippen LogP) is 6.80. The van der Waals surface area contributed by atoms with Gasteiger partial charge in [0.25, 0.3) is 0 Å². The van der Waals surface area contributed by atoms with E-state index in [0.29, 0.717) is 30.2 Å². The third-order valence-electron chi connectivity index (χ3n) is 5.64. The Morgan fingerprint density at radius 2 is 1.76 bits per heavy atom. The first-order chi connectivity index (χ1) is 16.7. The zero-order valence-electron chi connectivity index (χ0n) is 19.0. The molecular formula is C28H24N2O3S. The number of aromatic nitrogens is 1. The number of carbonyl (C=O) groups is 1. The SMILES string of the molecule is CCOC(=O)c1c(CNC)sc2cc(-c3cccc4ccccc34)c(Oc3ccncc3)cc12. The third-order valence-corrected chi connectivity index (χ3v) is 6.79. The Balaban J connectivity index is 1.78. The zero-order chi connectivity index (χ0) is 23.5. The van der Waals surface area contributed by atoms with Crippen LogP contribution in [0.2, 0.25) is 0 Å². The maximum absolute atomic E-state index is 12.9. The maximum Gasteiger partial charge on any atom is 0.339 e. The monoisotopic (exact) mass is 468 g/mol. The molecule has 0 saturated heterocycles. The van der Waals surface area contributed by atoms with Crippen LogP contribution in [-0.4, -0.2) is 24.6 Å². The van der Waals surface area contributed by atoms with Crippen molar-refractivity contribution < 1.29 is 14.3 Å². The molecule has 0 aliphatic heterocycles. The molecule has 0 bridgehead atoms. The molecule has 0 saturated carbocycles. The number of rotatable bonds is 7. The van der Waals surface area contributed by atoms with Crippen molar-refractivity contribution in [3.8, 4) is 22.6 Å². The summed E-state index contributed by atoms with van der Waals surface area (Å²) >= 11 is 1.60. The first-order valence-corrected chi connectivity index (χ1v) is 12.0. The van der Waals surface area contributed by atoms with Gasteiger partial charge in [-0.2, -0.15) is 0 Å². The van der Waals surface area contributed by atoms with Gasteiger partial charge in [0.2, 0.25) is 0 Å². The second kappa shape index (κ2) is 9.63. The standard InChI is InChI=1S/C28H24N2O3S/c1-3-32-28(31)27-23-15-24(33-19-11-13-30-14-12-19)22(16-25(23)34-26(27)17-29-2)21-10-6-8-18-7-4-5-9-20(18)21/h4-16,29H,3,17H2,1-2H3. The number of thiophene rings is 1. The lowest BCUT2D eigenvalue weighted by Gasteiger charge is -2.14. The number of esters is 1. The molecule has 0 atom stereocenters. The first-order valence-electron chi connectivity index (χ1n) is 11.2. The summed E-state index contributed by atoms with van der Waals surface area (Å²) in [4.78, 5) is 18.0. The summed E-state index contributed by atoms with van der Waals surface area (Å²) in [6, 6.07) is 22.3. The van der Waals surface area contributed by atoms with Gasteiger partial charge in [0.15, 0.2) is 0 Å². The van der Waals surface area contributed by atoms with Crippen molar-refractivity contribution >= 4 is 38.2 Å². The molecule has 6 heteroatoms. The van der Waals surface area contributed by atoms with Crippen LogP contribution in [0.1, 0.15) is 22.2 Å². The summed E-state index contributed by atoms with van der Waals surface area (Å²) in [5.74, 6) is 1.04. The highest BCUT2D eigenvalue weighted by atomic mass is 32.1. The van der Waals surface area contributed by atoms with Crippen molar-refractivity contribution in [2.24, 2.45) is 0 Å². The molecule has 0 unspecified atom stereocenters. The molecule has 170 valence electrons. The van der Waals surface area contributed by atoms with Crippen LogP contribution in [0.15, 0.2) is 79.1 Å². The van der Waals surface area contributed by atoms with E-state index in [4.69, 9.17) is 9.47 Å². The summed E-state index contributed by atoms with van der Waals surface area (Å²) in [5, 5.41) is 6.30. The van der Waals surface area contributed by atoms with Crippen LogP contribution < -0.4 is 10.1 Å². The number of hydrogen-bond donors (Lipinski definition) is 1. The van der Waals surface area contributed by atoms with Crippen LogP contribution in [0, 0.1) is 0 Å². The van der Waals surface area contributed by atoms with Gasteiger partial charge in [-0.05, 0) is 54.6 Å². The lowest BCUT2D eigenvalue weighted by atomic mass is 9.96. The number of nitrogens with zero attached hydrogens (tertiary/aromatic N) is 1. The summed E-state index contributed by atoms with van der Waals surface area (Å²) in [7, 11) is 1.87. The fourth-order valence-corrected chi connectivity index (χ4v) is 5.40. The van der Waals surface area contributed by atoms with Gasteiger partial charge in [-0.1, -0.05) is 42.5 Å². The first kappa shape index (κ1) is 22.1. The summed E-state index contributed by atoms with van der Waals surface area (Å²) in [6.45, 7) is 2.72. The van der Waals surface area contributed by atoms with Crippen LogP contribution in [0.3, 0.4) is 0 Å². The van der Waals surface area contributed by atoms with Crippen molar-refractivity contribution in [2.45, 2.75) is 13.5 Å². The number of fused-ring (bicyclic) bond motifs is 2. The van der Waals surface area contributed by atoms with E-state index in [1.165, 1.54) is 0 Å². The average Bonchev–Trinajstić information content (AvgIpc) is 3.21. The van der Waals surface area contributed by atoms with Gasteiger partial charge in [-0.3, -0.25) is 4.98 Å². The number of benzene rings is 3. The molecule has 0 amide bonds. The van der Waals surface area contributed by atoms with E-state index in [1.807, 2.05) is 44.3 Å². The number of ether oxygens (including phenoxy) is 2. The molecule has 3 aromatic carbocycles.